The number of nitrogens with zero attached hydrogens (tertiary/aromatic N) is 3. The molecule has 6 nitrogen and oxygen atoms in total. The molecule has 2 aromatic heterocycles. The number of ether oxygens (including phenoxy) is 1. The molecule has 1 unspecified atom stereocenters. The van der Waals surface area contributed by atoms with Gasteiger partial charge in [0.15, 0.2) is 6.23 Å². The molecule has 1 atom stereocenters. The molecule has 1 aliphatic heterocycles. The lowest BCUT2D eigenvalue weighted by Crippen LogP contribution is -2.25. The molecular weight excluding hydrogens is 340 g/mol. The fourth-order valence-corrected chi connectivity index (χ4v) is 3.27. The van der Waals surface area contributed by atoms with Gasteiger partial charge >= 0.3 is 0 Å². The molecule has 0 aliphatic carbocycles. The number of aryl methyl sites for hydroxylation is 3. The Bertz CT molecular complexity index is 1030. The van der Waals surface area contributed by atoms with Crippen molar-refractivity contribution in [2.75, 3.05) is 11.9 Å². The third-order valence-electron chi connectivity index (χ3n) is 4.89. The SMILES string of the molecule is Cc1ccnc(C)c1NC(=O)/C=C/c1ccc2c(C)nn(C3CCO3)c2c1. The van der Waals surface area contributed by atoms with E-state index in [1.165, 1.54) is 0 Å². The lowest BCUT2D eigenvalue weighted by Gasteiger charge is -2.27. The second kappa shape index (κ2) is 6.96. The number of carbonyl (C=O) groups is 1. The molecular formula is C21H22N4O2. The maximum absolute atomic E-state index is 12.3. The van der Waals surface area contributed by atoms with Crippen molar-refractivity contribution < 1.29 is 9.53 Å². The summed E-state index contributed by atoms with van der Waals surface area (Å²) in [6.45, 7) is 6.61. The number of aromatic nitrogens is 3. The van der Waals surface area contributed by atoms with E-state index in [9.17, 15) is 4.79 Å². The fraction of sp³-hybridized carbons (Fsp3) is 0.286. The van der Waals surface area contributed by atoms with Gasteiger partial charge in [0.05, 0.1) is 29.2 Å². The Morgan fingerprint density at radius 3 is 2.78 bits per heavy atom. The largest absolute Gasteiger partial charge is 0.356 e. The van der Waals surface area contributed by atoms with Crippen LogP contribution < -0.4 is 5.32 Å². The molecule has 1 amide bonds. The fourth-order valence-electron chi connectivity index (χ4n) is 3.27. The number of hydrogen-bond donors (Lipinski definition) is 1. The van der Waals surface area contributed by atoms with Crippen LogP contribution in [0.1, 0.15) is 35.2 Å². The molecule has 0 radical (unpaired) electrons. The maximum atomic E-state index is 12.3. The molecule has 4 rings (SSSR count). The average Bonchev–Trinajstić information content (AvgIpc) is 2.91. The van der Waals surface area contributed by atoms with E-state index in [4.69, 9.17) is 4.74 Å². The van der Waals surface area contributed by atoms with Gasteiger partial charge in [-0.2, -0.15) is 5.10 Å². The van der Waals surface area contributed by atoms with E-state index in [1.54, 1.807) is 12.3 Å². The van der Waals surface area contributed by atoms with Crippen molar-refractivity contribution in [3.05, 3.63) is 59.1 Å². The van der Waals surface area contributed by atoms with Gasteiger partial charge in [0, 0.05) is 24.1 Å². The molecule has 1 fully saturated rings. The zero-order valence-electron chi connectivity index (χ0n) is 15.7. The molecule has 0 spiro atoms. The van der Waals surface area contributed by atoms with Crippen LogP contribution in [0, 0.1) is 20.8 Å². The highest BCUT2D eigenvalue weighted by atomic mass is 16.5. The van der Waals surface area contributed by atoms with Gasteiger partial charge in [-0.05, 0) is 50.1 Å². The first-order chi connectivity index (χ1) is 13.0. The van der Waals surface area contributed by atoms with E-state index in [1.807, 2.05) is 55.8 Å². The monoisotopic (exact) mass is 362 g/mol. The van der Waals surface area contributed by atoms with Gasteiger partial charge in [0.25, 0.3) is 0 Å². The first kappa shape index (κ1) is 17.4. The summed E-state index contributed by atoms with van der Waals surface area (Å²) in [5, 5.41) is 8.62. The zero-order valence-corrected chi connectivity index (χ0v) is 15.7. The van der Waals surface area contributed by atoms with E-state index in [-0.39, 0.29) is 12.1 Å². The standard InChI is InChI=1S/C21H22N4O2/c1-13-8-10-22-15(3)21(13)23-19(26)7-5-16-4-6-17-14(2)24-25(18(17)12-16)20-9-11-27-20/h4-8,10,12,20H,9,11H2,1-3H3,(H,23,26)/b7-5+. The number of pyridine rings is 1. The van der Waals surface area contributed by atoms with Crippen molar-refractivity contribution in [3.8, 4) is 0 Å². The normalized spacial score (nSPS) is 16.6. The van der Waals surface area contributed by atoms with Crippen LogP contribution in [0.2, 0.25) is 0 Å². The summed E-state index contributed by atoms with van der Waals surface area (Å²) in [6.07, 6.45) is 6.08. The van der Waals surface area contributed by atoms with Crippen molar-refractivity contribution in [1.82, 2.24) is 14.8 Å². The Hall–Kier alpha value is -2.99. The van der Waals surface area contributed by atoms with Gasteiger partial charge in [0.2, 0.25) is 5.91 Å². The van der Waals surface area contributed by atoms with E-state index >= 15 is 0 Å². The number of fused-ring (bicyclic) bond motifs is 1. The molecule has 3 heterocycles. The average molecular weight is 362 g/mol. The van der Waals surface area contributed by atoms with Crippen LogP contribution in [-0.4, -0.2) is 27.3 Å². The topological polar surface area (TPSA) is 69.0 Å². The number of anilines is 1. The predicted molar refractivity (Wildman–Crippen MR) is 105 cm³/mol. The van der Waals surface area contributed by atoms with E-state index in [2.05, 4.69) is 15.4 Å². The van der Waals surface area contributed by atoms with Gasteiger partial charge in [-0.1, -0.05) is 12.1 Å². The minimum Gasteiger partial charge on any atom is -0.356 e. The van der Waals surface area contributed by atoms with Crippen molar-refractivity contribution in [2.45, 2.75) is 33.4 Å². The maximum Gasteiger partial charge on any atom is 0.248 e. The smallest absolute Gasteiger partial charge is 0.248 e. The Kier molecular flexibility index (Phi) is 4.49. The number of nitrogens with one attached hydrogen (secondary N) is 1. The van der Waals surface area contributed by atoms with Crippen LogP contribution in [0.5, 0.6) is 0 Å². The molecule has 0 saturated carbocycles. The summed E-state index contributed by atoms with van der Waals surface area (Å²) in [5.41, 5.74) is 5.51. The van der Waals surface area contributed by atoms with E-state index < -0.39 is 0 Å². The first-order valence-corrected chi connectivity index (χ1v) is 9.04. The molecule has 6 heteroatoms. The number of benzene rings is 1. The summed E-state index contributed by atoms with van der Waals surface area (Å²) in [7, 11) is 0. The molecule has 3 aromatic rings. The van der Waals surface area contributed by atoms with Crippen molar-refractivity contribution >= 4 is 28.6 Å². The lowest BCUT2D eigenvalue weighted by molar-refractivity contribution is -0.111. The molecule has 27 heavy (non-hydrogen) atoms. The quantitative estimate of drug-likeness (QED) is 0.714. The molecule has 1 saturated heterocycles. The Morgan fingerprint density at radius 2 is 2.07 bits per heavy atom. The van der Waals surface area contributed by atoms with Crippen LogP contribution in [-0.2, 0) is 9.53 Å². The summed E-state index contributed by atoms with van der Waals surface area (Å²) in [4.78, 5) is 16.6. The molecule has 1 aromatic carbocycles. The van der Waals surface area contributed by atoms with Crippen molar-refractivity contribution in [3.63, 3.8) is 0 Å². The van der Waals surface area contributed by atoms with E-state index in [0.717, 1.165) is 52.1 Å². The molecule has 138 valence electrons. The van der Waals surface area contributed by atoms with Crippen molar-refractivity contribution in [2.24, 2.45) is 0 Å². The number of carbonyl (C=O) groups excluding carboxylic acids is 1. The second-order valence-corrected chi connectivity index (χ2v) is 6.83. The van der Waals surface area contributed by atoms with Gasteiger partial charge in [-0.25, -0.2) is 4.68 Å². The molecule has 1 aliphatic rings. The van der Waals surface area contributed by atoms with Gasteiger partial charge < -0.3 is 10.1 Å². The van der Waals surface area contributed by atoms with Gasteiger partial charge in [0.1, 0.15) is 0 Å². The summed E-state index contributed by atoms with van der Waals surface area (Å²) < 4.78 is 7.52. The number of amides is 1. The highest BCUT2D eigenvalue weighted by Crippen LogP contribution is 2.29. The van der Waals surface area contributed by atoms with Crippen LogP contribution in [0.3, 0.4) is 0 Å². The lowest BCUT2D eigenvalue weighted by atomic mass is 10.1. The third-order valence-corrected chi connectivity index (χ3v) is 4.89. The third kappa shape index (κ3) is 3.36. The Labute approximate surface area is 157 Å². The number of hydrogen-bond acceptors (Lipinski definition) is 4. The van der Waals surface area contributed by atoms with Gasteiger partial charge in [-0.3, -0.25) is 9.78 Å². The predicted octanol–water partition coefficient (Wildman–Crippen LogP) is 3.93. The van der Waals surface area contributed by atoms with Crippen LogP contribution in [0.15, 0.2) is 36.5 Å². The van der Waals surface area contributed by atoms with Gasteiger partial charge in [-0.15, -0.1) is 0 Å². The van der Waals surface area contributed by atoms with Crippen LogP contribution in [0.4, 0.5) is 5.69 Å². The highest BCUT2D eigenvalue weighted by Gasteiger charge is 2.23. The van der Waals surface area contributed by atoms with E-state index in [0.29, 0.717) is 0 Å². The molecule has 1 N–H and O–H groups in total. The second-order valence-electron chi connectivity index (χ2n) is 6.83. The minimum atomic E-state index is -0.179. The first-order valence-electron chi connectivity index (χ1n) is 9.04. The summed E-state index contributed by atoms with van der Waals surface area (Å²) in [6, 6.07) is 7.96. The zero-order chi connectivity index (χ0) is 19.0. The Morgan fingerprint density at radius 1 is 1.26 bits per heavy atom. The van der Waals surface area contributed by atoms with Crippen molar-refractivity contribution in [1.29, 1.82) is 0 Å². The summed E-state index contributed by atoms with van der Waals surface area (Å²) in [5.74, 6) is -0.179. The Balaban J connectivity index is 1.56. The number of rotatable bonds is 4. The molecule has 0 bridgehead atoms. The minimum absolute atomic E-state index is 0.0141. The van der Waals surface area contributed by atoms with Crippen LogP contribution in [0.25, 0.3) is 17.0 Å². The highest BCUT2D eigenvalue weighted by molar-refractivity contribution is 6.02. The summed E-state index contributed by atoms with van der Waals surface area (Å²) >= 11 is 0. The van der Waals surface area contributed by atoms with Crippen LogP contribution >= 0.6 is 0 Å².